The van der Waals surface area contributed by atoms with Crippen LogP contribution in [0.25, 0.3) is 10.9 Å². The van der Waals surface area contributed by atoms with E-state index in [1.54, 1.807) is 0 Å². The number of fused-ring (bicyclic) bond motifs is 1. The molecule has 1 aromatic carbocycles. The normalized spacial score (nSPS) is 12.9. The number of carbonyl (C=O) groups is 1. The molecule has 2 rings (SSSR count). The standard InChI is InChI=1S/C21H34N2O3Si/c1-20(2,3)25-19(24)22-12-11-15-14-23-18-10-9-16(13-17(15)18)26-27(7,8)21(4,5)6/h9-10,13-14,23H,11-12H2,1-8H3,(H,22,24). The Morgan fingerprint density at radius 3 is 2.41 bits per heavy atom. The van der Waals surface area contributed by atoms with E-state index in [0.717, 1.165) is 28.6 Å². The summed E-state index contributed by atoms with van der Waals surface area (Å²) in [6.07, 6.45) is 2.34. The van der Waals surface area contributed by atoms with E-state index < -0.39 is 13.9 Å². The third-order valence-corrected chi connectivity index (χ3v) is 9.34. The summed E-state index contributed by atoms with van der Waals surface area (Å²) in [7, 11) is -1.88. The van der Waals surface area contributed by atoms with Crippen molar-refractivity contribution in [1.82, 2.24) is 10.3 Å². The molecule has 5 nitrogen and oxygen atoms in total. The molecule has 6 heteroatoms. The molecule has 0 aliphatic heterocycles. The molecule has 0 aliphatic rings. The summed E-state index contributed by atoms with van der Waals surface area (Å²) >= 11 is 0. The molecule has 0 saturated heterocycles. The first-order valence-electron chi connectivity index (χ1n) is 9.54. The van der Waals surface area contributed by atoms with Gasteiger partial charge in [-0.25, -0.2) is 4.79 Å². The molecule has 0 unspecified atom stereocenters. The highest BCUT2D eigenvalue weighted by Gasteiger charge is 2.39. The third kappa shape index (κ3) is 5.76. The van der Waals surface area contributed by atoms with Gasteiger partial charge in [0.05, 0.1) is 0 Å². The number of carbonyl (C=O) groups excluding carboxylic acids is 1. The molecule has 1 amide bonds. The molecular weight excluding hydrogens is 356 g/mol. The molecule has 27 heavy (non-hydrogen) atoms. The molecule has 0 fully saturated rings. The Balaban J connectivity index is 2.08. The second-order valence-electron chi connectivity index (χ2n) is 9.56. The molecule has 150 valence electrons. The fourth-order valence-corrected chi connectivity index (χ4v) is 3.51. The van der Waals surface area contributed by atoms with Crippen molar-refractivity contribution in [2.24, 2.45) is 0 Å². The minimum Gasteiger partial charge on any atom is -0.543 e. The van der Waals surface area contributed by atoms with E-state index in [0.29, 0.717) is 6.54 Å². The maximum absolute atomic E-state index is 11.8. The van der Waals surface area contributed by atoms with Gasteiger partial charge in [0.1, 0.15) is 11.4 Å². The largest absolute Gasteiger partial charge is 0.543 e. The van der Waals surface area contributed by atoms with Crippen molar-refractivity contribution in [2.45, 2.75) is 71.7 Å². The van der Waals surface area contributed by atoms with Gasteiger partial charge in [0.25, 0.3) is 0 Å². The van der Waals surface area contributed by atoms with E-state index >= 15 is 0 Å². The maximum Gasteiger partial charge on any atom is 0.407 e. The summed E-state index contributed by atoms with van der Waals surface area (Å²) in [5, 5.41) is 4.10. The number of H-pyrrole nitrogens is 1. The number of benzene rings is 1. The van der Waals surface area contributed by atoms with Crippen LogP contribution in [-0.2, 0) is 11.2 Å². The number of hydrogen-bond donors (Lipinski definition) is 2. The SMILES string of the molecule is CC(C)(C)OC(=O)NCCc1c[nH]c2ccc(O[Si](C)(C)C(C)(C)C)cc12. The van der Waals surface area contributed by atoms with E-state index in [1.807, 2.05) is 33.0 Å². The molecular formula is C21H34N2O3Si. The number of aromatic amines is 1. The summed E-state index contributed by atoms with van der Waals surface area (Å²) in [6.45, 7) is 17.3. The highest BCUT2D eigenvalue weighted by Crippen LogP contribution is 2.38. The monoisotopic (exact) mass is 390 g/mol. The molecule has 0 aliphatic carbocycles. The minimum atomic E-state index is -1.88. The summed E-state index contributed by atoms with van der Waals surface area (Å²) in [6, 6.07) is 6.19. The first-order valence-corrected chi connectivity index (χ1v) is 12.5. The van der Waals surface area contributed by atoms with Gasteiger partial charge < -0.3 is 19.5 Å². The van der Waals surface area contributed by atoms with Crippen molar-refractivity contribution in [3.8, 4) is 5.75 Å². The fraction of sp³-hybridized carbons (Fsp3) is 0.571. The lowest BCUT2D eigenvalue weighted by molar-refractivity contribution is 0.0528. The lowest BCUT2D eigenvalue weighted by atomic mass is 10.1. The Kier molecular flexibility index (Phi) is 5.99. The van der Waals surface area contributed by atoms with Crippen molar-refractivity contribution < 1.29 is 14.0 Å². The van der Waals surface area contributed by atoms with E-state index in [2.05, 4.69) is 56.3 Å². The van der Waals surface area contributed by atoms with Crippen LogP contribution < -0.4 is 9.74 Å². The molecule has 0 atom stereocenters. The fourth-order valence-electron chi connectivity index (χ4n) is 2.49. The van der Waals surface area contributed by atoms with E-state index in [9.17, 15) is 4.79 Å². The van der Waals surface area contributed by atoms with Gasteiger partial charge in [0.2, 0.25) is 8.32 Å². The van der Waals surface area contributed by atoms with Crippen LogP contribution in [0.4, 0.5) is 4.79 Å². The van der Waals surface area contributed by atoms with Gasteiger partial charge >= 0.3 is 6.09 Å². The van der Waals surface area contributed by atoms with E-state index in [-0.39, 0.29) is 11.1 Å². The molecule has 0 spiro atoms. The minimum absolute atomic E-state index is 0.153. The Morgan fingerprint density at radius 1 is 1.15 bits per heavy atom. The third-order valence-electron chi connectivity index (χ3n) is 4.98. The quantitative estimate of drug-likeness (QED) is 0.651. The predicted molar refractivity (Wildman–Crippen MR) is 114 cm³/mol. The van der Waals surface area contributed by atoms with E-state index in [4.69, 9.17) is 9.16 Å². The van der Waals surface area contributed by atoms with Gasteiger partial charge in [-0.15, -0.1) is 0 Å². The predicted octanol–water partition coefficient (Wildman–Crippen LogP) is 5.62. The van der Waals surface area contributed by atoms with Crippen molar-refractivity contribution in [2.75, 3.05) is 6.54 Å². The van der Waals surface area contributed by atoms with Crippen LogP contribution in [0.2, 0.25) is 18.1 Å². The molecule has 1 aromatic heterocycles. The lowest BCUT2D eigenvalue weighted by Crippen LogP contribution is -2.43. The van der Waals surface area contributed by atoms with E-state index in [1.165, 1.54) is 0 Å². The summed E-state index contributed by atoms with van der Waals surface area (Å²) in [4.78, 5) is 15.1. The zero-order valence-electron chi connectivity index (χ0n) is 17.9. The molecule has 0 radical (unpaired) electrons. The van der Waals surface area contributed by atoms with Crippen LogP contribution in [0.3, 0.4) is 0 Å². The summed E-state index contributed by atoms with van der Waals surface area (Å²) < 4.78 is 11.7. The first-order chi connectivity index (χ1) is 12.3. The Labute approximate surface area is 164 Å². The Hall–Kier alpha value is -1.95. The van der Waals surface area contributed by atoms with Crippen LogP contribution in [0.5, 0.6) is 5.75 Å². The van der Waals surface area contributed by atoms with Crippen LogP contribution in [0.15, 0.2) is 24.4 Å². The smallest absolute Gasteiger partial charge is 0.407 e. The summed E-state index contributed by atoms with van der Waals surface area (Å²) in [5.41, 5.74) is 1.74. The highest BCUT2D eigenvalue weighted by molar-refractivity contribution is 6.74. The zero-order valence-corrected chi connectivity index (χ0v) is 18.9. The summed E-state index contributed by atoms with van der Waals surface area (Å²) in [5.74, 6) is 0.912. The number of ether oxygens (including phenoxy) is 1. The average molecular weight is 391 g/mol. The molecule has 2 N–H and O–H groups in total. The van der Waals surface area contributed by atoms with Gasteiger partial charge in [-0.2, -0.15) is 0 Å². The van der Waals surface area contributed by atoms with Crippen LogP contribution >= 0.6 is 0 Å². The Morgan fingerprint density at radius 2 is 1.81 bits per heavy atom. The van der Waals surface area contributed by atoms with Crippen LogP contribution in [-0.4, -0.2) is 31.5 Å². The topological polar surface area (TPSA) is 63.3 Å². The van der Waals surface area contributed by atoms with Crippen molar-refractivity contribution in [1.29, 1.82) is 0 Å². The number of hydrogen-bond acceptors (Lipinski definition) is 3. The second-order valence-corrected chi connectivity index (χ2v) is 14.3. The number of alkyl carbamates (subject to hydrolysis) is 1. The number of rotatable bonds is 5. The van der Waals surface area contributed by atoms with Crippen LogP contribution in [0, 0.1) is 0 Å². The Bertz CT molecular complexity index is 798. The van der Waals surface area contributed by atoms with Gasteiger partial charge in [-0.3, -0.25) is 0 Å². The molecule has 0 saturated carbocycles. The average Bonchev–Trinajstić information content (AvgIpc) is 2.86. The van der Waals surface area contributed by atoms with Crippen molar-refractivity contribution in [3.05, 3.63) is 30.0 Å². The van der Waals surface area contributed by atoms with Gasteiger partial charge in [-0.1, -0.05) is 20.8 Å². The zero-order chi connectivity index (χ0) is 20.5. The first kappa shape index (κ1) is 21.3. The van der Waals surface area contributed by atoms with Gasteiger partial charge in [0.15, 0.2) is 0 Å². The van der Waals surface area contributed by atoms with Gasteiger partial charge in [-0.05, 0) is 69.1 Å². The van der Waals surface area contributed by atoms with Gasteiger partial charge in [0, 0.05) is 23.6 Å². The second kappa shape index (κ2) is 7.58. The van der Waals surface area contributed by atoms with Crippen LogP contribution in [0.1, 0.15) is 47.1 Å². The number of amides is 1. The molecule has 0 bridgehead atoms. The maximum atomic E-state index is 11.8. The van der Waals surface area contributed by atoms with Crippen molar-refractivity contribution >= 4 is 25.3 Å². The lowest BCUT2D eigenvalue weighted by Gasteiger charge is -2.36. The number of aromatic nitrogens is 1. The molecule has 2 aromatic rings. The number of nitrogens with one attached hydrogen (secondary N) is 2. The highest BCUT2D eigenvalue weighted by atomic mass is 28.4. The molecule has 1 heterocycles. The van der Waals surface area contributed by atoms with Crippen molar-refractivity contribution in [3.63, 3.8) is 0 Å².